The van der Waals surface area contributed by atoms with E-state index in [1.807, 2.05) is 33.9 Å². The molecular formula is C19H27N5O2S2. The summed E-state index contributed by atoms with van der Waals surface area (Å²) in [5.74, 6) is 1.53. The van der Waals surface area contributed by atoms with Gasteiger partial charge < -0.3 is 9.64 Å². The Kier molecular flexibility index (Phi) is 6.25. The molecule has 1 unspecified atom stereocenters. The molecule has 0 saturated carbocycles. The first-order chi connectivity index (χ1) is 13.6. The van der Waals surface area contributed by atoms with E-state index in [-0.39, 0.29) is 11.9 Å². The number of likely N-dealkylation sites (tertiary alicyclic amines) is 1. The molecule has 0 spiro atoms. The van der Waals surface area contributed by atoms with Crippen molar-refractivity contribution in [2.75, 3.05) is 45.9 Å². The molecule has 2 saturated heterocycles. The van der Waals surface area contributed by atoms with Gasteiger partial charge in [-0.15, -0.1) is 11.3 Å². The lowest BCUT2D eigenvalue weighted by Crippen LogP contribution is -2.45. The van der Waals surface area contributed by atoms with Crippen LogP contribution in [-0.4, -0.2) is 76.4 Å². The molecule has 1 atom stereocenters. The van der Waals surface area contributed by atoms with Crippen LogP contribution in [-0.2, 0) is 9.53 Å². The highest BCUT2D eigenvalue weighted by atomic mass is 32.1. The van der Waals surface area contributed by atoms with Crippen molar-refractivity contribution in [1.29, 1.82) is 0 Å². The number of carbonyl (C=O) groups excluding carboxylic acids is 1. The molecule has 0 bridgehead atoms. The van der Waals surface area contributed by atoms with E-state index in [9.17, 15) is 4.79 Å². The second kappa shape index (κ2) is 8.86. The van der Waals surface area contributed by atoms with E-state index in [0.717, 1.165) is 69.5 Å². The summed E-state index contributed by atoms with van der Waals surface area (Å²) in [5, 5.41) is 9.21. The van der Waals surface area contributed by atoms with E-state index < -0.39 is 0 Å². The Morgan fingerprint density at radius 3 is 2.79 bits per heavy atom. The summed E-state index contributed by atoms with van der Waals surface area (Å²) in [7, 11) is 0. The lowest BCUT2D eigenvalue weighted by Gasteiger charge is -2.37. The highest BCUT2D eigenvalue weighted by Gasteiger charge is 2.29. The molecule has 0 radical (unpaired) electrons. The first kappa shape index (κ1) is 19.8. The predicted molar refractivity (Wildman–Crippen MR) is 112 cm³/mol. The maximum atomic E-state index is 13.2. The molecule has 0 aliphatic carbocycles. The van der Waals surface area contributed by atoms with Crippen molar-refractivity contribution in [1.82, 2.24) is 24.6 Å². The van der Waals surface area contributed by atoms with Gasteiger partial charge in [-0.2, -0.15) is 5.10 Å². The summed E-state index contributed by atoms with van der Waals surface area (Å²) in [5.41, 5.74) is 0. The first-order valence-electron chi connectivity index (χ1n) is 9.93. The molecule has 2 aliphatic heterocycles. The Morgan fingerprint density at radius 1 is 1.36 bits per heavy atom. The Balaban J connectivity index is 1.38. The molecular weight excluding hydrogens is 394 g/mol. The number of H-pyrrole nitrogens is 1. The zero-order valence-corrected chi connectivity index (χ0v) is 17.8. The zero-order chi connectivity index (χ0) is 19.5. The van der Waals surface area contributed by atoms with E-state index in [4.69, 9.17) is 17.0 Å². The molecule has 9 heteroatoms. The zero-order valence-electron chi connectivity index (χ0n) is 16.2. The number of hydrogen-bond acceptors (Lipinski definition) is 6. The van der Waals surface area contributed by atoms with Gasteiger partial charge in [0.25, 0.3) is 0 Å². The fourth-order valence-corrected chi connectivity index (χ4v) is 5.10. The minimum atomic E-state index is -0.362. The number of amides is 1. The quantitative estimate of drug-likeness (QED) is 0.752. The van der Waals surface area contributed by atoms with Crippen LogP contribution in [0.2, 0.25) is 0 Å². The molecule has 2 fully saturated rings. The van der Waals surface area contributed by atoms with Crippen LogP contribution in [0.5, 0.6) is 0 Å². The van der Waals surface area contributed by atoms with Gasteiger partial charge in [-0.3, -0.25) is 19.4 Å². The number of nitrogens with zero attached hydrogens (tertiary/aromatic N) is 4. The summed E-state index contributed by atoms with van der Waals surface area (Å²) < 4.78 is 7.78. The van der Waals surface area contributed by atoms with Crippen molar-refractivity contribution >= 4 is 29.5 Å². The maximum absolute atomic E-state index is 13.2. The second-order valence-electron chi connectivity index (χ2n) is 7.56. The minimum absolute atomic E-state index is 0.125. The molecule has 0 aromatic carbocycles. The van der Waals surface area contributed by atoms with Crippen molar-refractivity contribution in [3.05, 3.63) is 22.3 Å². The highest BCUT2D eigenvalue weighted by molar-refractivity contribution is 7.71. The number of hydrogen-bond donors (Lipinski definition) is 1. The fourth-order valence-electron chi connectivity index (χ4n) is 4.10. The number of nitrogens with one attached hydrogen (secondary N) is 1. The lowest BCUT2D eigenvalue weighted by atomic mass is 9.95. The molecule has 2 aromatic rings. The number of rotatable bonds is 5. The standard InChI is InChI=1S/C19H27N5O2S2/c1-14(24-17(20-21-19(24)27)16-3-2-12-28-16)18(25)23-6-4-15(5-7-23)13-22-8-10-26-11-9-22/h2-3,12,14-15H,4-11,13H2,1H3,(H,21,27). The van der Waals surface area contributed by atoms with Crippen molar-refractivity contribution in [3.63, 3.8) is 0 Å². The molecule has 4 rings (SSSR count). The third kappa shape index (κ3) is 4.22. The second-order valence-corrected chi connectivity index (χ2v) is 8.89. The molecule has 28 heavy (non-hydrogen) atoms. The van der Waals surface area contributed by atoms with Gasteiger partial charge in [-0.05, 0) is 49.3 Å². The van der Waals surface area contributed by atoms with Crippen LogP contribution in [0.3, 0.4) is 0 Å². The van der Waals surface area contributed by atoms with Gasteiger partial charge in [0, 0.05) is 32.7 Å². The summed E-state index contributed by atoms with van der Waals surface area (Å²) in [6, 6.07) is 3.62. The predicted octanol–water partition coefficient (Wildman–Crippen LogP) is 2.80. The van der Waals surface area contributed by atoms with Gasteiger partial charge in [0.05, 0.1) is 18.1 Å². The third-order valence-electron chi connectivity index (χ3n) is 5.74. The number of aromatic amines is 1. The average Bonchev–Trinajstić information content (AvgIpc) is 3.38. The SMILES string of the molecule is CC(C(=O)N1CCC(CN2CCOCC2)CC1)n1c(-c2cccs2)n[nH]c1=S. The summed E-state index contributed by atoms with van der Waals surface area (Å²) >= 11 is 7.01. The number of ether oxygens (including phenoxy) is 1. The van der Waals surface area contributed by atoms with Crippen LogP contribution in [0.1, 0.15) is 25.8 Å². The van der Waals surface area contributed by atoms with Crippen LogP contribution < -0.4 is 0 Å². The van der Waals surface area contributed by atoms with Gasteiger partial charge >= 0.3 is 0 Å². The largest absolute Gasteiger partial charge is 0.379 e. The molecule has 1 N–H and O–H groups in total. The van der Waals surface area contributed by atoms with E-state index >= 15 is 0 Å². The maximum Gasteiger partial charge on any atom is 0.245 e. The van der Waals surface area contributed by atoms with Crippen LogP contribution in [0.25, 0.3) is 10.7 Å². The summed E-state index contributed by atoms with van der Waals surface area (Å²) in [6.07, 6.45) is 2.12. The van der Waals surface area contributed by atoms with Crippen molar-refractivity contribution in [2.45, 2.75) is 25.8 Å². The molecule has 152 valence electrons. The van der Waals surface area contributed by atoms with Gasteiger partial charge in [-0.25, -0.2) is 0 Å². The van der Waals surface area contributed by atoms with E-state index in [1.165, 1.54) is 0 Å². The molecule has 7 nitrogen and oxygen atoms in total. The Morgan fingerprint density at radius 2 is 2.11 bits per heavy atom. The highest BCUT2D eigenvalue weighted by Crippen LogP contribution is 2.27. The first-order valence-corrected chi connectivity index (χ1v) is 11.2. The minimum Gasteiger partial charge on any atom is -0.379 e. The molecule has 2 aromatic heterocycles. The number of piperidine rings is 1. The molecule has 2 aliphatic rings. The Labute approximate surface area is 174 Å². The third-order valence-corrected chi connectivity index (χ3v) is 6.89. The topological polar surface area (TPSA) is 66.4 Å². The van der Waals surface area contributed by atoms with Crippen LogP contribution in [0.4, 0.5) is 0 Å². The van der Waals surface area contributed by atoms with Crippen LogP contribution in [0, 0.1) is 10.7 Å². The number of thiophene rings is 1. The number of morpholine rings is 1. The monoisotopic (exact) mass is 421 g/mol. The van der Waals surface area contributed by atoms with Crippen molar-refractivity contribution in [3.8, 4) is 10.7 Å². The summed E-state index contributed by atoms with van der Waals surface area (Å²) in [6.45, 7) is 8.41. The lowest BCUT2D eigenvalue weighted by molar-refractivity contribution is -0.135. The normalized spacial score (nSPS) is 20.4. The van der Waals surface area contributed by atoms with Crippen molar-refractivity contribution in [2.24, 2.45) is 5.92 Å². The Hall–Kier alpha value is -1.55. The van der Waals surface area contributed by atoms with E-state index in [1.54, 1.807) is 11.3 Å². The van der Waals surface area contributed by atoms with Crippen LogP contribution >= 0.6 is 23.6 Å². The van der Waals surface area contributed by atoms with Gasteiger partial charge in [0.1, 0.15) is 6.04 Å². The van der Waals surface area contributed by atoms with Crippen molar-refractivity contribution < 1.29 is 9.53 Å². The smallest absolute Gasteiger partial charge is 0.245 e. The average molecular weight is 422 g/mol. The van der Waals surface area contributed by atoms with Gasteiger partial charge in [0.2, 0.25) is 5.91 Å². The molecule has 4 heterocycles. The number of aromatic nitrogens is 3. The fraction of sp³-hybridized carbons (Fsp3) is 0.632. The summed E-state index contributed by atoms with van der Waals surface area (Å²) in [4.78, 5) is 18.7. The van der Waals surface area contributed by atoms with E-state index in [0.29, 0.717) is 10.7 Å². The van der Waals surface area contributed by atoms with Gasteiger partial charge in [0.15, 0.2) is 10.6 Å². The Bertz CT molecular complexity index is 833. The number of carbonyl (C=O) groups is 1. The van der Waals surface area contributed by atoms with E-state index in [2.05, 4.69) is 15.1 Å². The van der Waals surface area contributed by atoms with Crippen LogP contribution in [0.15, 0.2) is 17.5 Å². The molecule has 1 amide bonds. The van der Waals surface area contributed by atoms with Gasteiger partial charge in [-0.1, -0.05) is 6.07 Å².